The molecule has 1 heterocycles. The number of pyridine rings is 1. The lowest BCUT2D eigenvalue weighted by Gasteiger charge is -2.16. The first kappa shape index (κ1) is 16.8. The van der Waals surface area contributed by atoms with Gasteiger partial charge in [-0.15, -0.1) is 0 Å². The third-order valence-electron chi connectivity index (χ3n) is 3.74. The fraction of sp³-hybridized carbons (Fsp3) is 0.190. The Hall–Kier alpha value is -3.01. The van der Waals surface area contributed by atoms with Crippen molar-refractivity contribution < 1.29 is 9.47 Å². The summed E-state index contributed by atoms with van der Waals surface area (Å²) in [5, 5.41) is 0. The lowest BCUT2D eigenvalue weighted by molar-refractivity contribution is 0.143. The summed E-state index contributed by atoms with van der Waals surface area (Å²) in [6, 6.07) is 20.7. The lowest BCUT2D eigenvalue weighted by atomic mass is 10.2. The Morgan fingerprint density at radius 2 is 1.76 bits per heavy atom. The number of hydrogen-bond donors (Lipinski definition) is 0. The molecule has 3 aromatic rings. The monoisotopic (exact) mass is 335 g/mol. The number of hydrogen-bond acceptors (Lipinski definition) is 3. The van der Waals surface area contributed by atoms with Gasteiger partial charge in [-0.2, -0.15) is 0 Å². The molecule has 0 spiro atoms. The van der Waals surface area contributed by atoms with Crippen molar-refractivity contribution in [2.24, 2.45) is 0 Å². The molecule has 3 rings (SSSR count). The molecule has 1 atom stereocenters. The Balaban J connectivity index is 1.65. The van der Waals surface area contributed by atoms with Crippen molar-refractivity contribution in [1.82, 2.24) is 4.57 Å². The molecule has 128 valence electrons. The van der Waals surface area contributed by atoms with Crippen molar-refractivity contribution in [3.05, 3.63) is 88.8 Å². The number of aromatic nitrogens is 1. The average Bonchev–Trinajstić information content (AvgIpc) is 2.61. The van der Waals surface area contributed by atoms with Crippen LogP contribution in [0.5, 0.6) is 11.5 Å². The first-order chi connectivity index (χ1) is 12.1. The van der Waals surface area contributed by atoms with E-state index in [4.69, 9.17) is 9.47 Å². The van der Waals surface area contributed by atoms with Gasteiger partial charge in [-0.3, -0.25) is 9.36 Å². The largest absolute Gasteiger partial charge is 0.490 e. The van der Waals surface area contributed by atoms with Gasteiger partial charge in [0.2, 0.25) is 0 Å². The zero-order valence-corrected chi connectivity index (χ0v) is 14.4. The molecule has 0 saturated heterocycles. The third kappa shape index (κ3) is 4.51. The summed E-state index contributed by atoms with van der Waals surface area (Å²) in [5.74, 6) is 1.34. The smallest absolute Gasteiger partial charge is 0.258 e. The number of benzene rings is 2. The van der Waals surface area contributed by atoms with E-state index < -0.39 is 0 Å². The molecule has 25 heavy (non-hydrogen) atoms. The van der Waals surface area contributed by atoms with Crippen LogP contribution in [0.1, 0.15) is 12.5 Å². The maximum Gasteiger partial charge on any atom is 0.258 e. The predicted molar refractivity (Wildman–Crippen MR) is 98.8 cm³/mol. The Labute approximate surface area is 147 Å². The highest BCUT2D eigenvalue weighted by Gasteiger charge is 2.08. The van der Waals surface area contributed by atoms with E-state index in [1.165, 1.54) is 6.07 Å². The van der Waals surface area contributed by atoms with Gasteiger partial charge < -0.3 is 9.47 Å². The van der Waals surface area contributed by atoms with Gasteiger partial charge >= 0.3 is 0 Å². The molecule has 0 unspecified atom stereocenters. The maximum absolute atomic E-state index is 12.4. The number of ether oxygens (including phenoxy) is 2. The highest BCUT2D eigenvalue weighted by atomic mass is 16.5. The van der Waals surface area contributed by atoms with Gasteiger partial charge in [0, 0.05) is 18.0 Å². The first-order valence-electron chi connectivity index (χ1n) is 8.26. The van der Waals surface area contributed by atoms with E-state index in [0.717, 1.165) is 17.0 Å². The zero-order valence-electron chi connectivity index (χ0n) is 14.4. The normalized spacial score (nSPS) is 11.8. The van der Waals surface area contributed by atoms with Crippen molar-refractivity contribution >= 4 is 0 Å². The molecule has 4 nitrogen and oxygen atoms in total. The highest BCUT2D eigenvalue weighted by molar-refractivity contribution is 5.36. The van der Waals surface area contributed by atoms with Crippen molar-refractivity contribution in [3.8, 4) is 17.2 Å². The van der Waals surface area contributed by atoms with Crippen LogP contribution in [0.25, 0.3) is 5.69 Å². The summed E-state index contributed by atoms with van der Waals surface area (Å²) >= 11 is 0. The second kappa shape index (κ2) is 7.71. The Morgan fingerprint density at radius 1 is 0.960 bits per heavy atom. The number of aryl methyl sites for hydroxylation is 1. The van der Waals surface area contributed by atoms with Crippen LogP contribution in [-0.4, -0.2) is 17.3 Å². The minimum Gasteiger partial charge on any atom is -0.490 e. The molecule has 0 N–H and O–H groups in total. The van der Waals surface area contributed by atoms with E-state index in [1.54, 1.807) is 16.8 Å². The minimum atomic E-state index is -0.172. The second-order valence-corrected chi connectivity index (χ2v) is 5.96. The third-order valence-corrected chi connectivity index (χ3v) is 3.74. The van der Waals surface area contributed by atoms with Crippen molar-refractivity contribution in [2.75, 3.05) is 6.61 Å². The molecule has 0 radical (unpaired) electrons. The van der Waals surface area contributed by atoms with Crippen LogP contribution in [0.15, 0.2) is 77.7 Å². The molecule has 4 heteroatoms. The van der Waals surface area contributed by atoms with E-state index in [-0.39, 0.29) is 11.7 Å². The quantitative estimate of drug-likeness (QED) is 0.684. The molecule has 2 aromatic carbocycles. The minimum absolute atomic E-state index is 0.126. The molecule has 0 aliphatic heterocycles. The molecule has 0 fully saturated rings. The van der Waals surface area contributed by atoms with E-state index >= 15 is 0 Å². The molecule has 0 saturated carbocycles. The van der Waals surface area contributed by atoms with Crippen LogP contribution in [0.3, 0.4) is 0 Å². The molecule has 0 bridgehead atoms. The van der Waals surface area contributed by atoms with Crippen LogP contribution < -0.4 is 15.0 Å². The lowest BCUT2D eigenvalue weighted by Crippen LogP contribution is -2.23. The SMILES string of the molecule is Cc1cccc(-n2ccc(O[C@H](C)COc3ccccc3)cc2=O)c1. The van der Waals surface area contributed by atoms with Crippen LogP contribution >= 0.6 is 0 Å². The van der Waals surface area contributed by atoms with Crippen molar-refractivity contribution in [3.63, 3.8) is 0 Å². The second-order valence-electron chi connectivity index (χ2n) is 5.96. The Morgan fingerprint density at radius 3 is 2.48 bits per heavy atom. The Kier molecular flexibility index (Phi) is 5.19. The van der Waals surface area contributed by atoms with Crippen LogP contribution in [-0.2, 0) is 0 Å². The Bertz CT molecular complexity index is 887. The average molecular weight is 335 g/mol. The van der Waals surface area contributed by atoms with Gasteiger partial charge in [-0.1, -0.05) is 30.3 Å². The zero-order chi connectivity index (χ0) is 17.6. The van der Waals surface area contributed by atoms with E-state index in [2.05, 4.69) is 0 Å². The number of nitrogens with zero attached hydrogens (tertiary/aromatic N) is 1. The highest BCUT2D eigenvalue weighted by Crippen LogP contribution is 2.14. The van der Waals surface area contributed by atoms with Crippen LogP contribution in [0.2, 0.25) is 0 Å². The molecular weight excluding hydrogens is 314 g/mol. The summed E-state index contributed by atoms with van der Waals surface area (Å²) < 4.78 is 13.1. The summed E-state index contributed by atoms with van der Waals surface area (Å²) in [6.45, 7) is 4.32. The van der Waals surface area contributed by atoms with Crippen LogP contribution in [0, 0.1) is 6.92 Å². The predicted octanol–water partition coefficient (Wildman–Crippen LogP) is 3.99. The van der Waals surface area contributed by atoms with Crippen molar-refractivity contribution in [2.45, 2.75) is 20.0 Å². The molecule has 0 aliphatic carbocycles. The summed E-state index contributed by atoms with van der Waals surface area (Å²) in [4.78, 5) is 12.4. The van der Waals surface area contributed by atoms with Gasteiger partial charge in [0.15, 0.2) is 0 Å². The van der Waals surface area contributed by atoms with E-state index in [9.17, 15) is 4.79 Å². The topological polar surface area (TPSA) is 40.5 Å². The summed E-state index contributed by atoms with van der Waals surface area (Å²) in [6.07, 6.45) is 1.56. The number of rotatable bonds is 6. The van der Waals surface area contributed by atoms with Gasteiger partial charge in [-0.25, -0.2) is 0 Å². The fourth-order valence-electron chi connectivity index (χ4n) is 2.52. The van der Waals surface area contributed by atoms with Gasteiger partial charge in [0.05, 0.1) is 0 Å². The number of para-hydroxylation sites is 1. The molecule has 0 amide bonds. The van der Waals surface area contributed by atoms with Crippen molar-refractivity contribution in [1.29, 1.82) is 0 Å². The summed E-state index contributed by atoms with van der Waals surface area (Å²) in [5.41, 5.74) is 1.83. The van der Waals surface area contributed by atoms with Gasteiger partial charge in [-0.05, 0) is 49.7 Å². The van der Waals surface area contributed by atoms with E-state index in [0.29, 0.717) is 12.4 Å². The van der Waals surface area contributed by atoms with Gasteiger partial charge in [0.25, 0.3) is 5.56 Å². The molecular formula is C21H21NO3. The molecule has 1 aromatic heterocycles. The standard InChI is InChI=1S/C21H21NO3/c1-16-7-6-8-18(13-16)22-12-11-20(14-21(22)23)25-17(2)15-24-19-9-4-3-5-10-19/h3-14,17H,15H2,1-2H3/t17-/m1/s1. The summed E-state index contributed by atoms with van der Waals surface area (Å²) in [7, 11) is 0. The fourth-order valence-corrected chi connectivity index (χ4v) is 2.52. The maximum atomic E-state index is 12.4. The van der Waals surface area contributed by atoms with Gasteiger partial charge in [0.1, 0.15) is 24.2 Å². The van der Waals surface area contributed by atoms with Crippen LogP contribution in [0.4, 0.5) is 0 Å². The molecule has 0 aliphatic rings. The van der Waals surface area contributed by atoms with E-state index in [1.807, 2.05) is 68.4 Å². The first-order valence-corrected chi connectivity index (χ1v) is 8.26.